The fraction of sp³-hybridized carbons (Fsp3) is 0.0476. The smallest absolute Gasteiger partial charge is 0.266 e. The second kappa shape index (κ2) is 7.96. The number of nitriles is 1. The Morgan fingerprint density at radius 1 is 1.10 bits per heavy atom. The molecule has 0 bridgehead atoms. The number of fused-ring (bicyclic) bond motifs is 1. The highest BCUT2D eigenvalue weighted by Gasteiger charge is 2.27. The molecule has 142 valence electrons. The number of hydrogen-bond donors (Lipinski definition) is 2. The van der Waals surface area contributed by atoms with Crippen molar-refractivity contribution < 1.29 is 14.0 Å². The molecule has 0 aliphatic carbocycles. The molecule has 2 aromatic heterocycles. The minimum absolute atomic E-state index is 0.135. The minimum Gasteiger partial charge on any atom is -0.467 e. The molecule has 29 heavy (non-hydrogen) atoms. The monoisotopic (exact) mass is 402 g/mol. The van der Waals surface area contributed by atoms with E-state index in [4.69, 9.17) is 4.42 Å². The van der Waals surface area contributed by atoms with Crippen LogP contribution in [0.5, 0.6) is 0 Å². The predicted octanol–water partition coefficient (Wildman–Crippen LogP) is 3.08. The zero-order chi connectivity index (χ0) is 20.2. The van der Waals surface area contributed by atoms with Crippen molar-refractivity contribution >= 4 is 34.7 Å². The summed E-state index contributed by atoms with van der Waals surface area (Å²) >= 11 is 1.31. The van der Waals surface area contributed by atoms with Gasteiger partial charge in [-0.1, -0.05) is 30.3 Å². The number of furan rings is 1. The maximum atomic E-state index is 12.6. The van der Waals surface area contributed by atoms with Gasteiger partial charge in [-0.25, -0.2) is 4.99 Å². The summed E-state index contributed by atoms with van der Waals surface area (Å²) in [7, 11) is 0. The third-order valence-electron chi connectivity index (χ3n) is 4.22. The van der Waals surface area contributed by atoms with Gasteiger partial charge >= 0.3 is 0 Å². The van der Waals surface area contributed by atoms with Gasteiger partial charge in [0.2, 0.25) is 0 Å². The number of benzene rings is 1. The molecular weight excluding hydrogens is 388 g/mol. The third kappa shape index (κ3) is 3.72. The molecule has 1 aromatic carbocycles. The Balaban J connectivity index is 1.65. The van der Waals surface area contributed by atoms with Gasteiger partial charge in [0.05, 0.1) is 23.4 Å². The Hall–Kier alpha value is -3.96. The number of thiophene rings is 1. The van der Waals surface area contributed by atoms with Crippen LogP contribution in [0.1, 0.15) is 26.6 Å². The molecule has 8 heteroatoms. The first kappa shape index (κ1) is 18.4. The first-order valence-electron chi connectivity index (χ1n) is 8.65. The number of amidine groups is 1. The molecule has 0 fully saturated rings. The molecule has 1 aliphatic rings. The fourth-order valence-electron chi connectivity index (χ4n) is 2.87. The number of nitrogens with one attached hydrogen (secondary N) is 2. The van der Waals surface area contributed by atoms with Crippen LogP contribution < -0.4 is 10.6 Å². The number of nitrogens with zero attached hydrogens (tertiary/aromatic N) is 2. The lowest BCUT2D eigenvalue weighted by molar-refractivity contribution is -0.117. The maximum Gasteiger partial charge on any atom is 0.266 e. The van der Waals surface area contributed by atoms with E-state index in [0.717, 1.165) is 0 Å². The summed E-state index contributed by atoms with van der Waals surface area (Å²) in [6.07, 6.45) is 1.51. The molecule has 2 N–H and O–H groups in total. The van der Waals surface area contributed by atoms with Crippen LogP contribution in [0.2, 0.25) is 0 Å². The Kier molecular flexibility index (Phi) is 5.05. The SMILES string of the molecule is N#C/C(C(=O)NCc1ccco1)=C1\N=C(NC(=O)c2cccs2)c2ccccc21. The summed E-state index contributed by atoms with van der Waals surface area (Å²) in [6, 6.07) is 16.0. The average Bonchev–Trinajstić information content (AvgIpc) is 3.49. The molecule has 0 unspecified atom stereocenters. The largest absolute Gasteiger partial charge is 0.467 e. The molecular formula is C21H14N4O3S. The van der Waals surface area contributed by atoms with Crippen LogP contribution in [0.25, 0.3) is 5.70 Å². The quantitative estimate of drug-likeness (QED) is 0.516. The van der Waals surface area contributed by atoms with E-state index in [1.165, 1.54) is 17.6 Å². The van der Waals surface area contributed by atoms with E-state index in [2.05, 4.69) is 15.6 Å². The molecule has 2 amide bonds. The summed E-state index contributed by atoms with van der Waals surface area (Å²) in [5.41, 5.74) is 1.35. The van der Waals surface area contributed by atoms with Crippen molar-refractivity contribution in [2.45, 2.75) is 6.54 Å². The highest BCUT2D eigenvalue weighted by molar-refractivity contribution is 7.12. The topological polar surface area (TPSA) is 107 Å². The van der Waals surface area contributed by atoms with Crippen molar-refractivity contribution in [3.05, 3.63) is 87.5 Å². The third-order valence-corrected chi connectivity index (χ3v) is 5.09. The molecule has 4 rings (SSSR count). The summed E-state index contributed by atoms with van der Waals surface area (Å²) in [5, 5.41) is 16.8. The van der Waals surface area contributed by atoms with Crippen LogP contribution in [-0.4, -0.2) is 17.6 Å². The molecule has 0 saturated carbocycles. The minimum atomic E-state index is -0.566. The van der Waals surface area contributed by atoms with E-state index >= 15 is 0 Å². The normalized spacial score (nSPS) is 13.8. The van der Waals surface area contributed by atoms with Gasteiger partial charge < -0.3 is 15.1 Å². The molecule has 0 atom stereocenters. The fourth-order valence-corrected chi connectivity index (χ4v) is 3.49. The van der Waals surface area contributed by atoms with Gasteiger partial charge in [0.25, 0.3) is 11.8 Å². The lowest BCUT2D eigenvalue weighted by atomic mass is 10.0. The Morgan fingerprint density at radius 3 is 2.62 bits per heavy atom. The van der Waals surface area contributed by atoms with Gasteiger partial charge in [-0.15, -0.1) is 11.3 Å². The lowest BCUT2D eigenvalue weighted by Gasteiger charge is -2.05. The van der Waals surface area contributed by atoms with Crippen LogP contribution >= 0.6 is 11.3 Å². The molecule has 0 saturated heterocycles. The van der Waals surface area contributed by atoms with E-state index in [0.29, 0.717) is 27.6 Å². The number of amides is 2. The number of rotatable bonds is 4. The summed E-state index contributed by atoms with van der Waals surface area (Å²) in [4.78, 5) is 30.0. The highest BCUT2D eigenvalue weighted by Crippen LogP contribution is 2.30. The number of carbonyl (C=O) groups is 2. The Bertz CT molecular complexity index is 1170. The van der Waals surface area contributed by atoms with Crippen LogP contribution in [0.15, 0.2) is 75.2 Å². The number of hydrogen-bond acceptors (Lipinski definition) is 6. The summed E-state index contributed by atoms with van der Waals surface area (Å²) in [5.74, 6) is 0.0133. The Morgan fingerprint density at radius 2 is 1.93 bits per heavy atom. The summed E-state index contributed by atoms with van der Waals surface area (Å²) < 4.78 is 5.19. The second-order valence-corrected chi connectivity index (χ2v) is 6.98. The number of carbonyl (C=O) groups excluding carboxylic acids is 2. The van der Waals surface area contributed by atoms with Crippen LogP contribution in [0, 0.1) is 11.3 Å². The van der Waals surface area contributed by atoms with Crippen molar-refractivity contribution in [3.63, 3.8) is 0 Å². The van der Waals surface area contributed by atoms with E-state index < -0.39 is 5.91 Å². The van der Waals surface area contributed by atoms with Crippen LogP contribution in [-0.2, 0) is 11.3 Å². The van der Waals surface area contributed by atoms with Gasteiger partial charge in [0, 0.05) is 11.1 Å². The second-order valence-electron chi connectivity index (χ2n) is 6.03. The van der Waals surface area contributed by atoms with E-state index in [1.807, 2.05) is 11.4 Å². The zero-order valence-corrected chi connectivity index (χ0v) is 15.8. The zero-order valence-electron chi connectivity index (χ0n) is 15.0. The first-order valence-corrected chi connectivity index (χ1v) is 9.53. The van der Waals surface area contributed by atoms with Gasteiger partial charge in [-0.3, -0.25) is 9.59 Å². The molecule has 3 aromatic rings. The van der Waals surface area contributed by atoms with Crippen molar-refractivity contribution in [2.75, 3.05) is 0 Å². The van der Waals surface area contributed by atoms with Crippen molar-refractivity contribution in [2.24, 2.45) is 4.99 Å². The molecule has 0 radical (unpaired) electrons. The maximum absolute atomic E-state index is 12.6. The standard InChI is InChI=1S/C21H14N4O3S/c22-11-16(20(26)23-12-13-5-3-9-28-13)18-14-6-1-2-7-15(14)19(24-18)25-21(27)17-8-4-10-29-17/h1-10H,12H2,(H,23,26)(H,24,25,27)/b18-16+. The van der Waals surface area contributed by atoms with E-state index in [-0.39, 0.29) is 23.7 Å². The molecule has 3 heterocycles. The number of aliphatic imine (C=N–C) groups is 1. The van der Waals surface area contributed by atoms with Gasteiger partial charge in [0.15, 0.2) is 0 Å². The summed E-state index contributed by atoms with van der Waals surface area (Å²) in [6.45, 7) is 0.150. The Labute approximate surface area is 170 Å². The molecule has 1 aliphatic heterocycles. The lowest BCUT2D eigenvalue weighted by Crippen LogP contribution is -2.29. The first-order chi connectivity index (χ1) is 14.2. The van der Waals surface area contributed by atoms with Crippen molar-refractivity contribution in [1.82, 2.24) is 10.6 Å². The van der Waals surface area contributed by atoms with E-state index in [1.54, 1.807) is 48.5 Å². The van der Waals surface area contributed by atoms with E-state index in [9.17, 15) is 14.9 Å². The van der Waals surface area contributed by atoms with Gasteiger partial charge in [0.1, 0.15) is 23.2 Å². The highest BCUT2D eigenvalue weighted by atomic mass is 32.1. The van der Waals surface area contributed by atoms with Crippen LogP contribution in [0.4, 0.5) is 0 Å². The van der Waals surface area contributed by atoms with Crippen molar-refractivity contribution in [3.8, 4) is 6.07 Å². The predicted molar refractivity (Wildman–Crippen MR) is 108 cm³/mol. The van der Waals surface area contributed by atoms with Crippen molar-refractivity contribution in [1.29, 1.82) is 5.26 Å². The average molecular weight is 402 g/mol. The molecule has 7 nitrogen and oxygen atoms in total. The van der Waals surface area contributed by atoms with Gasteiger partial charge in [-0.2, -0.15) is 5.26 Å². The van der Waals surface area contributed by atoms with Crippen LogP contribution in [0.3, 0.4) is 0 Å². The van der Waals surface area contributed by atoms with Gasteiger partial charge in [-0.05, 0) is 23.6 Å². The molecule has 0 spiro atoms.